The lowest BCUT2D eigenvalue weighted by atomic mass is 9.81. The van der Waals surface area contributed by atoms with Crippen LogP contribution in [0.3, 0.4) is 0 Å². The van der Waals surface area contributed by atoms with Gasteiger partial charge in [-0.25, -0.2) is 9.97 Å². The van der Waals surface area contributed by atoms with E-state index in [0.717, 1.165) is 50.1 Å². The summed E-state index contributed by atoms with van der Waals surface area (Å²) < 4.78 is 15.0. The quantitative estimate of drug-likeness (QED) is 0.187. The maximum atomic E-state index is 6.28. The molecule has 1 aliphatic carbocycles. The minimum Gasteiger partial charge on any atom is -0.436 e. The number of fused-ring (bicyclic) bond motifs is 8. The maximum absolute atomic E-state index is 6.28. The number of aromatic nitrogens is 3. The molecule has 0 radical (unpaired) electrons. The van der Waals surface area contributed by atoms with Crippen LogP contribution in [-0.4, -0.2) is 14.5 Å². The van der Waals surface area contributed by atoms with E-state index in [0.29, 0.717) is 11.8 Å². The van der Waals surface area contributed by atoms with Gasteiger partial charge in [0.05, 0.1) is 11.0 Å². The van der Waals surface area contributed by atoms with Crippen LogP contribution in [0.4, 0.5) is 0 Å². The molecule has 0 aliphatic heterocycles. The Morgan fingerprint density at radius 1 is 0.462 bits per heavy atom. The van der Waals surface area contributed by atoms with E-state index in [1.165, 1.54) is 44.1 Å². The molecule has 5 heteroatoms. The topological polar surface area (TPSA) is 57.0 Å². The van der Waals surface area contributed by atoms with Crippen LogP contribution in [0.1, 0.15) is 25.0 Å². The molecule has 0 bridgehead atoms. The Morgan fingerprint density at radius 2 is 1.06 bits per heavy atom. The Labute approximate surface area is 299 Å². The molecule has 3 aromatic heterocycles. The van der Waals surface area contributed by atoms with Gasteiger partial charge >= 0.3 is 0 Å². The van der Waals surface area contributed by atoms with Gasteiger partial charge in [0, 0.05) is 33.0 Å². The molecular weight excluding hydrogens is 639 g/mol. The third-order valence-corrected chi connectivity index (χ3v) is 10.8. The fourth-order valence-corrected chi connectivity index (χ4v) is 8.26. The smallest absolute Gasteiger partial charge is 0.227 e. The van der Waals surface area contributed by atoms with Crippen LogP contribution in [0.15, 0.2) is 160 Å². The molecule has 0 spiro atoms. The second kappa shape index (κ2) is 10.6. The highest BCUT2D eigenvalue weighted by molar-refractivity contribution is 6.11. The van der Waals surface area contributed by atoms with Crippen LogP contribution in [0.2, 0.25) is 0 Å². The first-order valence-corrected chi connectivity index (χ1v) is 17.6. The summed E-state index contributed by atoms with van der Waals surface area (Å²) in [5.41, 5.74) is 15.6. The van der Waals surface area contributed by atoms with Gasteiger partial charge in [-0.1, -0.05) is 86.6 Å². The normalized spacial score (nSPS) is 13.3. The van der Waals surface area contributed by atoms with E-state index in [-0.39, 0.29) is 5.41 Å². The molecule has 0 fully saturated rings. The zero-order valence-electron chi connectivity index (χ0n) is 28.6. The molecule has 11 rings (SSSR count). The number of hydrogen-bond donors (Lipinski definition) is 0. The molecule has 0 N–H and O–H groups in total. The standard InChI is InChI=1S/C47H31N3O2/c1-47(2)37-25-28(20-21-33(37)35-26-36-34-14-6-9-17-41(34)50(42(36)27-38(35)47)32-12-4-3-5-13-32)29-22-30(45-48-39-15-7-10-18-43(39)51-45)24-31(23-29)46-49-40-16-8-11-19-44(40)52-46/h3-27H,1-2H3. The van der Waals surface area contributed by atoms with Gasteiger partial charge in [0.1, 0.15) is 11.0 Å². The van der Waals surface area contributed by atoms with Crippen LogP contribution >= 0.6 is 0 Å². The highest BCUT2D eigenvalue weighted by atomic mass is 16.4. The summed E-state index contributed by atoms with van der Waals surface area (Å²) in [7, 11) is 0. The second-order valence-electron chi connectivity index (χ2n) is 14.3. The average molecular weight is 670 g/mol. The van der Waals surface area contributed by atoms with Crippen LogP contribution in [0.25, 0.3) is 94.9 Å². The Bertz CT molecular complexity index is 2890. The van der Waals surface area contributed by atoms with Gasteiger partial charge in [0.2, 0.25) is 11.8 Å². The predicted octanol–water partition coefficient (Wildman–Crippen LogP) is 12.4. The molecule has 10 aromatic rings. The Hall–Kier alpha value is -6.72. The number of benzene rings is 7. The lowest BCUT2D eigenvalue weighted by molar-refractivity contribution is 0.617. The summed E-state index contributed by atoms with van der Waals surface area (Å²) in [6.45, 7) is 4.70. The summed E-state index contributed by atoms with van der Waals surface area (Å²) in [5, 5.41) is 2.52. The Balaban J connectivity index is 1.09. The van der Waals surface area contributed by atoms with Crippen molar-refractivity contribution in [1.29, 1.82) is 0 Å². The number of rotatable bonds is 4. The van der Waals surface area contributed by atoms with Crippen molar-refractivity contribution in [1.82, 2.24) is 14.5 Å². The van der Waals surface area contributed by atoms with Crippen LogP contribution < -0.4 is 0 Å². The number of para-hydroxylation sites is 6. The van der Waals surface area contributed by atoms with E-state index in [9.17, 15) is 0 Å². The summed E-state index contributed by atoms with van der Waals surface area (Å²) in [4.78, 5) is 9.71. The van der Waals surface area contributed by atoms with Crippen molar-refractivity contribution in [3.05, 3.63) is 163 Å². The summed E-state index contributed by atoms with van der Waals surface area (Å²) in [6.07, 6.45) is 0. The predicted molar refractivity (Wildman–Crippen MR) is 210 cm³/mol. The molecule has 3 heterocycles. The summed E-state index contributed by atoms with van der Waals surface area (Å²) in [6, 6.07) is 53.3. The van der Waals surface area contributed by atoms with Gasteiger partial charge in [0.25, 0.3) is 0 Å². The van der Waals surface area contributed by atoms with Crippen molar-refractivity contribution >= 4 is 44.0 Å². The highest BCUT2D eigenvalue weighted by Gasteiger charge is 2.37. The molecule has 7 aromatic carbocycles. The highest BCUT2D eigenvalue weighted by Crippen LogP contribution is 2.52. The third-order valence-electron chi connectivity index (χ3n) is 10.8. The van der Waals surface area contributed by atoms with Gasteiger partial charge in [-0.2, -0.15) is 0 Å². The number of hydrogen-bond acceptors (Lipinski definition) is 4. The van der Waals surface area contributed by atoms with Gasteiger partial charge in [0.15, 0.2) is 11.2 Å². The first kappa shape index (κ1) is 29.1. The van der Waals surface area contributed by atoms with Gasteiger partial charge in [-0.05, 0) is 112 Å². The molecule has 0 atom stereocenters. The van der Waals surface area contributed by atoms with Gasteiger partial charge in [-0.3, -0.25) is 0 Å². The zero-order valence-corrected chi connectivity index (χ0v) is 28.6. The van der Waals surface area contributed by atoms with E-state index in [4.69, 9.17) is 18.8 Å². The first-order valence-electron chi connectivity index (χ1n) is 17.6. The first-order chi connectivity index (χ1) is 25.5. The zero-order chi connectivity index (χ0) is 34.6. The van der Waals surface area contributed by atoms with E-state index in [2.05, 4.69) is 122 Å². The van der Waals surface area contributed by atoms with Gasteiger partial charge in [-0.15, -0.1) is 0 Å². The molecule has 0 amide bonds. The van der Waals surface area contributed by atoms with Gasteiger partial charge < -0.3 is 13.4 Å². The monoisotopic (exact) mass is 669 g/mol. The minimum atomic E-state index is -0.228. The molecule has 0 unspecified atom stereocenters. The van der Waals surface area contributed by atoms with E-state index in [1.54, 1.807) is 0 Å². The molecule has 246 valence electrons. The molecular formula is C47H31N3O2. The van der Waals surface area contributed by atoms with Crippen LogP contribution in [0.5, 0.6) is 0 Å². The summed E-state index contributed by atoms with van der Waals surface area (Å²) in [5.74, 6) is 1.12. The minimum absolute atomic E-state index is 0.228. The lowest BCUT2D eigenvalue weighted by Gasteiger charge is -2.22. The third kappa shape index (κ3) is 4.23. The largest absolute Gasteiger partial charge is 0.436 e. The van der Waals surface area contributed by atoms with E-state index >= 15 is 0 Å². The van der Waals surface area contributed by atoms with Crippen molar-refractivity contribution in [2.75, 3.05) is 0 Å². The Morgan fingerprint density at radius 3 is 1.75 bits per heavy atom. The molecule has 5 nitrogen and oxygen atoms in total. The molecule has 0 saturated heterocycles. The summed E-state index contributed by atoms with van der Waals surface area (Å²) >= 11 is 0. The Kier molecular flexibility index (Phi) is 5.95. The average Bonchev–Trinajstić information content (AvgIpc) is 3.95. The molecule has 0 saturated carbocycles. The fraction of sp³-hybridized carbons (Fsp3) is 0.0638. The van der Waals surface area contributed by atoms with Crippen molar-refractivity contribution in [3.8, 4) is 50.8 Å². The molecule has 1 aliphatic rings. The van der Waals surface area contributed by atoms with Crippen molar-refractivity contribution in [2.24, 2.45) is 0 Å². The van der Waals surface area contributed by atoms with Crippen LogP contribution in [0, 0.1) is 0 Å². The van der Waals surface area contributed by atoms with Crippen molar-refractivity contribution in [2.45, 2.75) is 19.3 Å². The maximum Gasteiger partial charge on any atom is 0.227 e. The number of oxazole rings is 2. The van der Waals surface area contributed by atoms with Crippen molar-refractivity contribution in [3.63, 3.8) is 0 Å². The molecule has 52 heavy (non-hydrogen) atoms. The van der Waals surface area contributed by atoms with Crippen LogP contribution in [-0.2, 0) is 5.41 Å². The van der Waals surface area contributed by atoms with E-state index in [1.807, 2.05) is 48.5 Å². The number of nitrogens with zero attached hydrogens (tertiary/aromatic N) is 3. The fourth-order valence-electron chi connectivity index (χ4n) is 8.26. The SMILES string of the molecule is CC1(C)c2cc(-c3cc(-c4nc5ccccc5o4)cc(-c4nc5ccccc5o4)c3)ccc2-c2cc3c4ccccc4n(-c4ccccc4)c3cc21. The second-order valence-corrected chi connectivity index (χ2v) is 14.3. The van der Waals surface area contributed by atoms with E-state index < -0.39 is 0 Å². The lowest BCUT2D eigenvalue weighted by Crippen LogP contribution is -2.15. The van der Waals surface area contributed by atoms with Crippen molar-refractivity contribution < 1.29 is 8.83 Å².